The van der Waals surface area contributed by atoms with Gasteiger partial charge in [-0.3, -0.25) is 9.59 Å². The van der Waals surface area contributed by atoms with Crippen molar-refractivity contribution in [2.45, 2.75) is 19.8 Å². The van der Waals surface area contributed by atoms with E-state index in [1.807, 2.05) is 0 Å². The van der Waals surface area contributed by atoms with Gasteiger partial charge in [0.15, 0.2) is 0 Å². The summed E-state index contributed by atoms with van der Waals surface area (Å²) in [7, 11) is 0. The summed E-state index contributed by atoms with van der Waals surface area (Å²) in [6.45, 7) is 5.08. The number of nitrogens with one attached hydrogen (secondary N) is 1. The van der Waals surface area contributed by atoms with Crippen molar-refractivity contribution >= 4 is 17.5 Å². The Morgan fingerprint density at radius 3 is 2.65 bits per heavy atom. The second-order valence-corrected chi connectivity index (χ2v) is 6.40. The minimum atomic E-state index is -4.86. The number of hydrogen-bond donors (Lipinski definition) is 1. The monoisotopic (exact) mass is 454 g/mol. The van der Waals surface area contributed by atoms with E-state index in [4.69, 9.17) is 11.6 Å². The van der Waals surface area contributed by atoms with E-state index in [1.165, 1.54) is 24.3 Å². The topological polar surface area (TPSA) is 86.1 Å². The lowest BCUT2D eigenvalue weighted by Gasteiger charge is -2.10. The summed E-state index contributed by atoms with van der Waals surface area (Å²) in [5.41, 5.74) is 0.674. The Hall–Kier alpha value is -3.40. The first-order valence-corrected chi connectivity index (χ1v) is 9.21. The van der Waals surface area contributed by atoms with Gasteiger partial charge in [-0.1, -0.05) is 36.4 Å². The van der Waals surface area contributed by atoms with Crippen LogP contribution in [0, 0.1) is 0 Å². The molecule has 0 fully saturated rings. The summed E-state index contributed by atoms with van der Waals surface area (Å²) in [6.07, 6.45) is 1.10. The van der Waals surface area contributed by atoms with Crippen molar-refractivity contribution in [3.05, 3.63) is 76.2 Å². The Labute approximate surface area is 180 Å². The van der Waals surface area contributed by atoms with Crippen molar-refractivity contribution in [3.8, 4) is 17.1 Å². The molecule has 0 unspecified atom stereocenters. The van der Waals surface area contributed by atoms with Crippen molar-refractivity contribution in [2.24, 2.45) is 0 Å². The van der Waals surface area contributed by atoms with E-state index >= 15 is 0 Å². The highest BCUT2D eigenvalue weighted by molar-refractivity contribution is 6.32. The Bertz CT molecular complexity index is 1060. The van der Waals surface area contributed by atoms with Crippen LogP contribution >= 0.6 is 11.6 Å². The van der Waals surface area contributed by atoms with Crippen LogP contribution in [-0.2, 0) is 11.3 Å². The predicted octanol–water partition coefficient (Wildman–Crippen LogP) is 3.58. The van der Waals surface area contributed by atoms with E-state index in [2.05, 4.69) is 26.7 Å². The molecule has 0 saturated carbocycles. The van der Waals surface area contributed by atoms with Crippen LogP contribution in [0.1, 0.15) is 6.92 Å². The fourth-order valence-corrected chi connectivity index (χ4v) is 2.49. The summed E-state index contributed by atoms with van der Waals surface area (Å²) >= 11 is 6.06. The van der Waals surface area contributed by atoms with Crippen LogP contribution in [0.3, 0.4) is 0 Å². The van der Waals surface area contributed by atoms with Gasteiger partial charge in [0, 0.05) is 35.5 Å². The molecule has 0 atom stereocenters. The molecule has 0 radical (unpaired) electrons. The molecular formula is C20H18ClF3N4O3. The number of pyridine rings is 1. The Balaban J connectivity index is 2.12. The van der Waals surface area contributed by atoms with Crippen LogP contribution in [0.25, 0.3) is 11.3 Å². The highest BCUT2D eigenvalue weighted by Crippen LogP contribution is 2.23. The molecule has 0 aromatic carbocycles. The van der Waals surface area contributed by atoms with Gasteiger partial charge in [-0.05, 0) is 24.6 Å². The molecule has 2 aromatic rings. The van der Waals surface area contributed by atoms with Crippen molar-refractivity contribution in [1.82, 2.24) is 20.1 Å². The molecule has 1 N–H and O–H groups in total. The third-order valence-corrected chi connectivity index (χ3v) is 4.23. The zero-order valence-electron chi connectivity index (χ0n) is 16.3. The Kier molecular flexibility index (Phi) is 8.14. The first-order valence-electron chi connectivity index (χ1n) is 8.83. The average Bonchev–Trinajstić information content (AvgIpc) is 2.71. The number of carbonyl (C=O) groups excluding carboxylic acids is 1. The average molecular weight is 455 g/mol. The fourth-order valence-electron chi connectivity index (χ4n) is 2.36. The normalized spacial score (nSPS) is 12.4. The Morgan fingerprint density at radius 2 is 2.06 bits per heavy atom. The van der Waals surface area contributed by atoms with E-state index in [0.717, 1.165) is 16.9 Å². The number of ether oxygens (including phenoxy) is 1. The number of allylic oxidation sites excluding steroid dienone is 3. The Morgan fingerprint density at radius 1 is 1.32 bits per heavy atom. The van der Waals surface area contributed by atoms with E-state index in [0.29, 0.717) is 16.2 Å². The number of hydrogen-bond acceptors (Lipinski definition) is 5. The maximum Gasteiger partial charge on any atom is 0.574 e. The standard InChI is InChI=1S/C20H18ClF3N4O3/c1-3-5-13(15(21)4-2)10-25-17(29)12-28-19(30)9-7-16(27-28)14-6-8-18(26-11-14)31-20(22,23)24/h3-9,11H,1,10,12H2,2H3,(H,25,29)/b13-5-,15-4+. The fraction of sp³-hybridized carbons (Fsp3) is 0.200. The smallest absolute Gasteiger partial charge is 0.388 e. The lowest BCUT2D eigenvalue weighted by Crippen LogP contribution is -2.34. The molecule has 0 saturated heterocycles. The van der Waals surface area contributed by atoms with Gasteiger partial charge in [0.05, 0.1) is 5.69 Å². The molecule has 0 aliphatic carbocycles. The minimum absolute atomic E-state index is 0.118. The van der Waals surface area contributed by atoms with Crippen LogP contribution in [-0.4, -0.2) is 33.6 Å². The molecule has 31 heavy (non-hydrogen) atoms. The van der Waals surface area contributed by atoms with Gasteiger partial charge in [0.2, 0.25) is 11.8 Å². The highest BCUT2D eigenvalue weighted by Gasteiger charge is 2.31. The number of amides is 1. The maximum atomic E-state index is 12.2. The maximum absolute atomic E-state index is 12.2. The van der Waals surface area contributed by atoms with Crippen LogP contribution in [0.15, 0.2) is 70.7 Å². The predicted molar refractivity (Wildman–Crippen MR) is 109 cm³/mol. The first-order chi connectivity index (χ1) is 14.6. The summed E-state index contributed by atoms with van der Waals surface area (Å²) in [5, 5.41) is 7.15. The zero-order valence-corrected chi connectivity index (χ0v) is 17.1. The number of aromatic nitrogens is 3. The summed E-state index contributed by atoms with van der Waals surface area (Å²) in [5.74, 6) is -1.12. The molecule has 2 aromatic heterocycles. The number of halogens is 4. The highest BCUT2D eigenvalue weighted by atomic mass is 35.5. The van der Waals surface area contributed by atoms with E-state index in [-0.39, 0.29) is 18.8 Å². The van der Waals surface area contributed by atoms with Crippen molar-refractivity contribution in [2.75, 3.05) is 6.54 Å². The van der Waals surface area contributed by atoms with Gasteiger partial charge < -0.3 is 10.1 Å². The van der Waals surface area contributed by atoms with Crippen molar-refractivity contribution < 1.29 is 22.7 Å². The lowest BCUT2D eigenvalue weighted by molar-refractivity contribution is -0.276. The molecule has 1 amide bonds. The van der Waals surface area contributed by atoms with E-state index < -0.39 is 23.7 Å². The summed E-state index contributed by atoms with van der Waals surface area (Å²) < 4.78 is 41.3. The molecule has 0 bridgehead atoms. The lowest BCUT2D eigenvalue weighted by atomic mass is 10.2. The van der Waals surface area contributed by atoms with Crippen molar-refractivity contribution in [1.29, 1.82) is 0 Å². The third kappa shape index (κ3) is 7.41. The largest absolute Gasteiger partial charge is 0.574 e. The summed E-state index contributed by atoms with van der Waals surface area (Å²) in [6, 6.07) is 4.88. The molecule has 2 rings (SSSR count). The quantitative estimate of drug-likeness (QED) is 0.616. The summed E-state index contributed by atoms with van der Waals surface area (Å²) in [4.78, 5) is 27.9. The molecule has 0 aliphatic heterocycles. The SMILES string of the molecule is C=C/C=C(CNC(=O)Cn1nc(-c2ccc(OC(F)(F)F)nc2)ccc1=O)\C(Cl)=C/C. The third-order valence-electron chi connectivity index (χ3n) is 3.77. The molecule has 0 aliphatic rings. The van der Waals surface area contributed by atoms with Crippen LogP contribution < -0.4 is 15.6 Å². The molecule has 11 heteroatoms. The second kappa shape index (κ2) is 10.6. The van der Waals surface area contributed by atoms with Crippen LogP contribution in [0.2, 0.25) is 0 Å². The first kappa shape index (κ1) is 23.9. The van der Waals surface area contributed by atoms with E-state index in [9.17, 15) is 22.8 Å². The molecule has 0 spiro atoms. The minimum Gasteiger partial charge on any atom is -0.388 e. The molecule has 164 valence electrons. The van der Waals surface area contributed by atoms with Gasteiger partial charge in [-0.15, -0.1) is 13.2 Å². The molecule has 2 heterocycles. The number of nitrogens with zero attached hydrogens (tertiary/aromatic N) is 3. The van der Waals surface area contributed by atoms with E-state index in [1.54, 1.807) is 19.1 Å². The van der Waals surface area contributed by atoms with Crippen LogP contribution in [0.4, 0.5) is 13.2 Å². The van der Waals surface area contributed by atoms with Crippen LogP contribution in [0.5, 0.6) is 5.88 Å². The number of carbonyl (C=O) groups is 1. The van der Waals surface area contributed by atoms with Gasteiger partial charge >= 0.3 is 6.36 Å². The number of alkyl halides is 3. The van der Waals surface area contributed by atoms with Gasteiger partial charge in [-0.25, -0.2) is 9.67 Å². The zero-order chi connectivity index (χ0) is 23.0. The van der Waals surface area contributed by atoms with Gasteiger partial charge in [-0.2, -0.15) is 5.10 Å². The van der Waals surface area contributed by atoms with Crippen molar-refractivity contribution in [3.63, 3.8) is 0 Å². The molecular weight excluding hydrogens is 437 g/mol. The van der Waals surface area contributed by atoms with Gasteiger partial charge in [0.25, 0.3) is 5.56 Å². The molecule has 7 nitrogen and oxygen atoms in total. The second-order valence-electron chi connectivity index (χ2n) is 5.99. The number of rotatable bonds is 8. The van der Waals surface area contributed by atoms with Gasteiger partial charge in [0.1, 0.15) is 6.54 Å².